The second-order valence-corrected chi connectivity index (χ2v) is 6.50. The number of aromatic nitrogens is 2. The Bertz CT molecular complexity index is 673. The second kappa shape index (κ2) is 6.99. The third-order valence-corrected chi connectivity index (χ3v) is 4.41. The lowest BCUT2D eigenvalue weighted by Gasteiger charge is -2.22. The van der Waals surface area contributed by atoms with E-state index in [0.29, 0.717) is 0 Å². The zero-order chi connectivity index (χ0) is 16.2. The molecule has 23 heavy (non-hydrogen) atoms. The van der Waals surface area contributed by atoms with Gasteiger partial charge < -0.3 is 10.2 Å². The van der Waals surface area contributed by atoms with Crippen molar-refractivity contribution in [2.75, 3.05) is 23.3 Å². The molecule has 1 aromatic carbocycles. The molecule has 1 fully saturated rings. The van der Waals surface area contributed by atoms with Crippen LogP contribution in [0.3, 0.4) is 0 Å². The first-order valence-electron chi connectivity index (χ1n) is 8.57. The number of rotatable bonds is 3. The summed E-state index contributed by atoms with van der Waals surface area (Å²) in [5.74, 6) is 2.75. The molecule has 4 heteroatoms. The van der Waals surface area contributed by atoms with Gasteiger partial charge in [-0.25, -0.2) is 9.97 Å². The van der Waals surface area contributed by atoms with Crippen molar-refractivity contribution < 1.29 is 0 Å². The van der Waals surface area contributed by atoms with Crippen LogP contribution in [0.5, 0.6) is 0 Å². The first-order valence-corrected chi connectivity index (χ1v) is 8.57. The highest BCUT2D eigenvalue weighted by Gasteiger charge is 2.13. The van der Waals surface area contributed by atoms with Crippen LogP contribution in [-0.4, -0.2) is 23.1 Å². The highest BCUT2D eigenvalue weighted by Crippen LogP contribution is 2.24. The quantitative estimate of drug-likeness (QED) is 0.904. The fourth-order valence-corrected chi connectivity index (χ4v) is 3.09. The summed E-state index contributed by atoms with van der Waals surface area (Å²) in [5.41, 5.74) is 3.59. The third kappa shape index (κ3) is 4.01. The van der Waals surface area contributed by atoms with Crippen LogP contribution in [0.25, 0.3) is 0 Å². The molecule has 2 aromatic rings. The molecule has 0 amide bonds. The molecule has 0 atom stereocenters. The Balaban J connectivity index is 1.86. The van der Waals surface area contributed by atoms with Gasteiger partial charge >= 0.3 is 0 Å². The number of nitrogens with zero attached hydrogens (tertiary/aromatic N) is 3. The summed E-state index contributed by atoms with van der Waals surface area (Å²) in [7, 11) is 0. The topological polar surface area (TPSA) is 41.0 Å². The van der Waals surface area contributed by atoms with E-state index < -0.39 is 0 Å². The smallest absolute Gasteiger partial charge is 0.136 e. The van der Waals surface area contributed by atoms with Gasteiger partial charge in [0.2, 0.25) is 0 Å². The predicted octanol–water partition coefficient (Wildman–Crippen LogP) is 4.53. The van der Waals surface area contributed by atoms with E-state index >= 15 is 0 Å². The van der Waals surface area contributed by atoms with Gasteiger partial charge in [0.25, 0.3) is 0 Å². The highest BCUT2D eigenvalue weighted by atomic mass is 15.2. The summed E-state index contributed by atoms with van der Waals surface area (Å²) in [6.07, 6.45) is 5.16. The zero-order valence-corrected chi connectivity index (χ0v) is 14.4. The monoisotopic (exact) mass is 310 g/mol. The second-order valence-electron chi connectivity index (χ2n) is 6.50. The summed E-state index contributed by atoms with van der Waals surface area (Å²) < 4.78 is 0. The minimum atomic E-state index is 0.819. The van der Waals surface area contributed by atoms with Gasteiger partial charge in [0.15, 0.2) is 0 Å². The van der Waals surface area contributed by atoms with Gasteiger partial charge in [-0.2, -0.15) is 0 Å². The maximum absolute atomic E-state index is 4.66. The SMILES string of the molecule is Cc1ccc(C)c(Nc2cc(N3CCCCCC3)nc(C)n2)c1. The van der Waals surface area contributed by atoms with E-state index in [4.69, 9.17) is 0 Å². The van der Waals surface area contributed by atoms with Crippen molar-refractivity contribution >= 4 is 17.3 Å². The molecule has 3 rings (SSSR count). The molecule has 2 heterocycles. The average Bonchev–Trinajstić information content (AvgIpc) is 2.79. The molecular weight excluding hydrogens is 284 g/mol. The van der Waals surface area contributed by atoms with Crippen molar-refractivity contribution in [3.8, 4) is 0 Å². The van der Waals surface area contributed by atoms with Crippen molar-refractivity contribution in [2.45, 2.75) is 46.5 Å². The summed E-state index contributed by atoms with van der Waals surface area (Å²) in [4.78, 5) is 11.6. The maximum Gasteiger partial charge on any atom is 0.136 e. The first kappa shape index (κ1) is 15.8. The fourth-order valence-electron chi connectivity index (χ4n) is 3.09. The summed E-state index contributed by atoms with van der Waals surface area (Å²) in [5, 5.41) is 3.47. The van der Waals surface area contributed by atoms with Gasteiger partial charge in [-0.15, -0.1) is 0 Å². The minimum Gasteiger partial charge on any atom is -0.356 e. The molecule has 4 nitrogen and oxygen atoms in total. The zero-order valence-electron chi connectivity index (χ0n) is 14.4. The van der Waals surface area contributed by atoms with Crippen LogP contribution in [0.2, 0.25) is 0 Å². The average molecular weight is 310 g/mol. The van der Waals surface area contributed by atoms with Gasteiger partial charge in [0, 0.05) is 24.8 Å². The van der Waals surface area contributed by atoms with E-state index in [9.17, 15) is 0 Å². The van der Waals surface area contributed by atoms with E-state index in [1.807, 2.05) is 6.92 Å². The molecular formula is C19H26N4. The molecule has 1 aliphatic rings. The van der Waals surface area contributed by atoms with E-state index in [1.54, 1.807) is 0 Å². The van der Waals surface area contributed by atoms with Crippen LogP contribution in [0.1, 0.15) is 42.6 Å². The van der Waals surface area contributed by atoms with Crippen molar-refractivity contribution in [1.29, 1.82) is 0 Å². The minimum absolute atomic E-state index is 0.819. The lowest BCUT2D eigenvalue weighted by atomic mass is 10.1. The van der Waals surface area contributed by atoms with E-state index in [1.165, 1.54) is 36.8 Å². The number of nitrogens with one attached hydrogen (secondary N) is 1. The largest absolute Gasteiger partial charge is 0.356 e. The Labute approximate surface area is 139 Å². The summed E-state index contributed by atoms with van der Waals surface area (Å²) in [6.45, 7) is 8.39. The van der Waals surface area contributed by atoms with Crippen LogP contribution in [0, 0.1) is 20.8 Å². The fraction of sp³-hybridized carbons (Fsp3) is 0.474. The number of benzene rings is 1. The third-order valence-electron chi connectivity index (χ3n) is 4.41. The molecule has 0 aliphatic carbocycles. The predicted molar refractivity (Wildman–Crippen MR) is 96.6 cm³/mol. The normalized spacial score (nSPS) is 15.3. The lowest BCUT2D eigenvalue weighted by molar-refractivity contribution is 0.726. The molecule has 0 radical (unpaired) electrons. The van der Waals surface area contributed by atoms with Crippen LogP contribution < -0.4 is 10.2 Å². The Kier molecular flexibility index (Phi) is 4.79. The molecule has 1 saturated heterocycles. The molecule has 0 unspecified atom stereocenters. The highest BCUT2D eigenvalue weighted by molar-refractivity contribution is 5.63. The van der Waals surface area contributed by atoms with E-state index in [2.05, 4.69) is 58.3 Å². The summed E-state index contributed by atoms with van der Waals surface area (Å²) in [6, 6.07) is 8.52. The van der Waals surface area contributed by atoms with Crippen LogP contribution in [-0.2, 0) is 0 Å². The van der Waals surface area contributed by atoms with Crippen LogP contribution >= 0.6 is 0 Å². The standard InChI is InChI=1S/C19H26N4/c1-14-8-9-15(2)17(12-14)22-18-13-19(21-16(3)20-18)23-10-6-4-5-7-11-23/h8-9,12-13H,4-7,10-11H2,1-3H3,(H,20,21,22). The number of hydrogen-bond donors (Lipinski definition) is 1. The Morgan fingerprint density at radius 1 is 0.913 bits per heavy atom. The van der Waals surface area contributed by atoms with Crippen molar-refractivity contribution in [2.24, 2.45) is 0 Å². The molecule has 1 aromatic heterocycles. The summed E-state index contributed by atoms with van der Waals surface area (Å²) >= 11 is 0. The van der Waals surface area contributed by atoms with E-state index in [-0.39, 0.29) is 0 Å². The van der Waals surface area contributed by atoms with Crippen LogP contribution in [0.4, 0.5) is 17.3 Å². The molecule has 0 spiro atoms. The van der Waals surface area contributed by atoms with Gasteiger partial charge in [0.05, 0.1) is 0 Å². The Morgan fingerprint density at radius 2 is 1.65 bits per heavy atom. The van der Waals surface area contributed by atoms with Crippen molar-refractivity contribution in [1.82, 2.24) is 9.97 Å². The number of aryl methyl sites for hydroxylation is 3. The molecule has 122 valence electrons. The molecule has 0 saturated carbocycles. The first-order chi connectivity index (χ1) is 11.1. The van der Waals surface area contributed by atoms with Crippen molar-refractivity contribution in [3.63, 3.8) is 0 Å². The van der Waals surface area contributed by atoms with Gasteiger partial charge in [-0.1, -0.05) is 25.0 Å². The van der Waals surface area contributed by atoms with E-state index in [0.717, 1.165) is 36.2 Å². The van der Waals surface area contributed by atoms with Gasteiger partial charge in [-0.05, 0) is 50.8 Å². The molecule has 0 bridgehead atoms. The molecule has 1 aliphatic heterocycles. The van der Waals surface area contributed by atoms with Gasteiger partial charge in [-0.3, -0.25) is 0 Å². The van der Waals surface area contributed by atoms with Crippen molar-refractivity contribution in [3.05, 3.63) is 41.2 Å². The van der Waals surface area contributed by atoms with Gasteiger partial charge in [0.1, 0.15) is 17.5 Å². The lowest BCUT2D eigenvalue weighted by Crippen LogP contribution is -2.25. The Morgan fingerprint density at radius 3 is 2.39 bits per heavy atom. The molecule has 1 N–H and O–H groups in total. The number of hydrogen-bond acceptors (Lipinski definition) is 4. The Hall–Kier alpha value is -2.10. The van der Waals surface area contributed by atoms with Crippen LogP contribution in [0.15, 0.2) is 24.3 Å². The maximum atomic E-state index is 4.66. The number of anilines is 3.